The highest BCUT2D eigenvalue weighted by atomic mass is 32.2. The molecule has 0 saturated heterocycles. The number of hydrogen-bond donors (Lipinski definition) is 1. The predicted molar refractivity (Wildman–Crippen MR) is 67.4 cm³/mol. The SMILES string of the molecule is Cc1cc(C#N)ccc1S(=O)(=O)N(C)CC(C)O. The maximum absolute atomic E-state index is 12.2. The molecule has 0 saturated carbocycles. The lowest BCUT2D eigenvalue weighted by Gasteiger charge is -2.19. The van der Waals surface area contributed by atoms with E-state index in [1.165, 1.54) is 32.2 Å². The first kappa shape index (κ1) is 14.6. The van der Waals surface area contributed by atoms with E-state index >= 15 is 0 Å². The number of aliphatic hydroxyl groups excluding tert-OH is 1. The fourth-order valence-electron chi connectivity index (χ4n) is 1.65. The molecule has 0 amide bonds. The summed E-state index contributed by atoms with van der Waals surface area (Å²) in [7, 11) is -2.21. The fraction of sp³-hybridized carbons (Fsp3) is 0.417. The van der Waals surface area contributed by atoms with Crippen molar-refractivity contribution in [1.82, 2.24) is 4.31 Å². The minimum Gasteiger partial charge on any atom is -0.392 e. The normalized spacial score (nSPS) is 13.3. The quantitative estimate of drug-likeness (QED) is 0.878. The van der Waals surface area contributed by atoms with E-state index < -0.39 is 16.1 Å². The van der Waals surface area contributed by atoms with Gasteiger partial charge in [0.25, 0.3) is 0 Å². The Morgan fingerprint density at radius 2 is 2.11 bits per heavy atom. The van der Waals surface area contributed by atoms with Crippen LogP contribution in [0.15, 0.2) is 23.1 Å². The van der Waals surface area contributed by atoms with E-state index in [4.69, 9.17) is 5.26 Å². The molecule has 1 rings (SSSR count). The van der Waals surface area contributed by atoms with Crippen molar-refractivity contribution in [3.8, 4) is 6.07 Å². The molecule has 0 bridgehead atoms. The molecule has 1 N–H and O–H groups in total. The molecule has 98 valence electrons. The van der Waals surface area contributed by atoms with Crippen LogP contribution in [0.3, 0.4) is 0 Å². The Balaban J connectivity index is 3.17. The van der Waals surface area contributed by atoms with Crippen molar-refractivity contribution in [2.45, 2.75) is 24.8 Å². The lowest BCUT2D eigenvalue weighted by Crippen LogP contribution is -2.33. The van der Waals surface area contributed by atoms with Crippen LogP contribution >= 0.6 is 0 Å². The van der Waals surface area contributed by atoms with Gasteiger partial charge in [0.05, 0.1) is 22.6 Å². The summed E-state index contributed by atoms with van der Waals surface area (Å²) in [5.74, 6) is 0. The molecule has 0 radical (unpaired) electrons. The number of benzene rings is 1. The van der Waals surface area contributed by atoms with Crippen LogP contribution in [-0.2, 0) is 10.0 Å². The summed E-state index contributed by atoms with van der Waals surface area (Å²) in [4.78, 5) is 0.157. The molecular weight excluding hydrogens is 252 g/mol. The van der Waals surface area contributed by atoms with Gasteiger partial charge >= 0.3 is 0 Å². The molecular formula is C12H16N2O3S. The largest absolute Gasteiger partial charge is 0.392 e. The van der Waals surface area contributed by atoms with Gasteiger partial charge in [0.15, 0.2) is 0 Å². The van der Waals surface area contributed by atoms with Crippen molar-refractivity contribution < 1.29 is 13.5 Å². The zero-order valence-corrected chi connectivity index (χ0v) is 11.4. The first-order valence-corrected chi connectivity index (χ1v) is 6.88. The topological polar surface area (TPSA) is 81.4 Å². The van der Waals surface area contributed by atoms with Gasteiger partial charge in [-0.1, -0.05) is 0 Å². The van der Waals surface area contributed by atoms with Gasteiger partial charge in [-0.2, -0.15) is 9.57 Å². The van der Waals surface area contributed by atoms with Gasteiger partial charge in [0.2, 0.25) is 10.0 Å². The van der Waals surface area contributed by atoms with Gasteiger partial charge in [0.1, 0.15) is 0 Å². The second-order valence-electron chi connectivity index (χ2n) is 4.23. The molecule has 0 aromatic heterocycles. The summed E-state index contributed by atoms with van der Waals surface area (Å²) >= 11 is 0. The number of hydrogen-bond acceptors (Lipinski definition) is 4. The molecule has 0 spiro atoms. The monoisotopic (exact) mass is 268 g/mol. The zero-order chi connectivity index (χ0) is 13.9. The first-order chi connectivity index (χ1) is 8.28. The first-order valence-electron chi connectivity index (χ1n) is 5.44. The molecule has 6 heteroatoms. The third-order valence-corrected chi connectivity index (χ3v) is 4.50. The second kappa shape index (κ2) is 5.48. The third kappa shape index (κ3) is 3.07. The van der Waals surface area contributed by atoms with Gasteiger partial charge in [-0.05, 0) is 37.6 Å². The maximum Gasteiger partial charge on any atom is 0.243 e. The molecule has 18 heavy (non-hydrogen) atoms. The average molecular weight is 268 g/mol. The van der Waals surface area contributed by atoms with Gasteiger partial charge < -0.3 is 5.11 Å². The summed E-state index contributed by atoms with van der Waals surface area (Å²) in [6.07, 6.45) is -0.733. The average Bonchev–Trinajstić information content (AvgIpc) is 2.27. The molecule has 5 nitrogen and oxygen atoms in total. The summed E-state index contributed by atoms with van der Waals surface area (Å²) in [5.41, 5.74) is 0.941. The number of aliphatic hydroxyl groups is 1. The van der Waals surface area contributed by atoms with E-state index in [1.807, 2.05) is 6.07 Å². The molecule has 1 unspecified atom stereocenters. The molecule has 1 atom stereocenters. The molecule has 0 aliphatic rings. The number of nitriles is 1. The van der Waals surface area contributed by atoms with Crippen LogP contribution in [0.2, 0.25) is 0 Å². The summed E-state index contributed by atoms with van der Waals surface area (Å²) in [6, 6.07) is 6.38. The second-order valence-corrected chi connectivity index (χ2v) is 6.24. The number of sulfonamides is 1. The van der Waals surface area contributed by atoms with Crippen molar-refractivity contribution >= 4 is 10.0 Å². The van der Waals surface area contributed by atoms with Crippen molar-refractivity contribution in [2.24, 2.45) is 0 Å². The minimum absolute atomic E-state index is 0.0295. The van der Waals surface area contributed by atoms with Crippen LogP contribution < -0.4 is 0 Å². The number of nitrogens with zero attached hydrogens (tertiary/aromatic N) is 2. The van der Waals surface area contributed by atoms with E-state index in [-0.39, 0.29) is 11.4 Å². The van der Waals surface area contributed by atoms with Crippen LogP contribution in [0.1, 0.15) is 18.1 Å². The Morgan fingerprint density at radius 1 is 1.50 bits per heavy atom. The van der Waals surface area contributed by atoms with E-state index in [0.29, 0.717) is 11.1 Å². The Bertz CT molecular complexity index is 573. The predicted octanol–water partition coefficient (Wildman–Crippen LogP) is 0.868. The molecule has 0 aliphatic heterocycles. The standard InChI is InChI=1S/C12H16N2O3S/c1-9-6-11(7-13)4-5-12(9)18(16,17)14(3)8-10(2)15/h4-6,10,15H,8H2,1-3H3. The molecule has 1 aromatic rings. The molecule has 0 aliphatic carbocycles. The highest BCUT2D eigenvalue weighted by molar-refractivity contribution is 7.89. The fourth-order valence-corrected chi connectivity index (χ4v) is 3.10. The summed E-state index contributed by atoms with van der Waals surface area (Å²) in [6.45, 7) is 3.20. The van der Waals surface area contributed by atoms with Gasteiger partial charge in [-0.3, -0.25) is 0 Å². The number of aryl methyl sites for hydroxylation is 1. The summed E-state index contributed by atoms with van der Waals surface area (Å²) in [5, 5.41) is 18.0. The smallest absolute Gasteiger partial charge is 0.243 e. The Labute approximate surface area is 107 Å². The Hall–Kier alpha value is -1.42. The zero-order valence-electron chi connectivity index (χ0n) is 10.6. The number of likely N-dealkylation sites (N-methyl/N-ethyl adjacent to an activating group) is 1. The lowest BCUT2D eigenvalue weighted by molar-refractivity contribution is 0.171. The highest BCUT2D eigenvalue weighted by Crippen LogP contribution is 2.20. The van der Waals surface area contributed by atoms with Crippen LogP contribution in [-0.4, -0.2) is 37.5 Å². The molecule has 0 fully saturated rings. The third-order valence-electron chi connectivity index (χ3n) is 2.51. The van der Waals surface area contributed by atoms with Crippen LogP contribution in [0, 0.1) is 18.3 Å². The minimum atomic E-state index is -3.63. The van der Waals surface area contributed by atoms with Crippen molar-refractivity contribution in [3.05, 3.63) is 29.3 Å². The van der Waals surface area contributed by atoms with E-state index in [9.17, 15) is 13.5 Å². The van der Waals surface area contributed by atoms with Gasteiger partial charge in [-0.15, -0.1) is 0 Å². The summed E-state index contributed by atoms with van der Waals surface area (Å²) < 4.78 is 25.5. The molecule has 0 heterocycles. The highest BCUT2D eigenvalue weighted by Gasteiger charge is 2.23. The van der Waals surface area contributed by atoms with E-state index in [2.05, 4.69) is 0 Å². The van der Waals surface area contributed by atoms with Crippen LogP contribution in [0.25, 0.3) is 0 Å². The lowest BCUT2D eigenvalue weighted by atomic mass is 10.2. The van der Waals surface area contributed by atoms with Crippen LogP contribution in [0.4, 0.5) is 0 Å². The maximum atomic E-state index is 12.2. The van der Waals surface area contributed by atoms with Crippen LogP contribution in [0.5, 0.6) is 0 Å². The van der Waals surface area contributed by atoms with Crippen molar-refractivity contribution in [1.29, 1.82) is 5.26 Å². The van der Waals surface area contributed by atoms with Gasteiger partial charge in [-0.25, -0.2) is 8.42 Å². The van der Waals surface area contributed by atoms with Gasteiger partial charge in [0, 0.05) is 13.6 Å². The Morgan fingerprint density at radius 3 is 2.56 bits per heavy atom. The van der Waals surface area contributed by atoms with Crippen molar-refractivity contribution in [2.75, 3.05) is 13.6 Å². The molecule has 1 aromatic carbocycles. The van der Waals surface area contributed by atoms with E-state index in [0.717, 1.165) is 4.31 Å². The van der Waals surface area contributed by atoms with E-state index in [1.54, 1.807) is 6.92 Å². The van der Waals surface area contributed by atoms with Crippen molar-refractivity contribution in [3.63, 3.8) is 0 Å². The Kier molecular flexibility index (Phi) is 4.46. The number of rotatable bonds is 4.